The molecule has 3 rings (SSSR count). The average molecular weight is 613 g/mol. The fourth-order valence-corrected chi connectivity index (χ4v) is 3.77. The van der Waals surface area contributed by atoms with Crippen LogP contribution in [0.15, 0.2) is 52.9 Å². The van der Waals surface area contributed by atoms with Gasteiger partial charge in [-0.1, -0.05) is 47.6 Å². The highest BCUT2D eigenvalue weighted by Crippen LogP contribution is 2.36. The van der Waals surface area contributed by atoms with Gasteiger partial charge in [0.05, 0.1) is 17.3 Å². The van der Waals surface area contributed by atoms with Crippen LogP contribution in [0.2, 0.25) is 0 Å². The van der Waals surface area contributed by atoms with Crippen LogP contribution in [-0.4, -0.2) is 57.2 Å². The monoisotopic (exact) mass is 612 g/mol. The van der Waals surface area contributed by atoms with Crippen molar-refractivity contribution >= 4 is 47.8 Å². The summed E-state index contributed by atoms with van der Waals surface area (Å²) in [5, 5.41) is 11.0. The van der Waals surface area contributed by atoms with Gasteiger partial charge in [0.1, 0.15) is 18.2 Å². The minimum Gasteiger partial charge on any atom is -0.380 e. The maximum absolute atomic E-state index is 13.0. The molecule has 240 valence electrons. The molecular weight excluding hydrogens is 568 g/mol. The topological polar surface area (TPSA) is 212 Å². The molecule has 14 nitrogen and oxygen atoms in total. The van der Waals surface area contributed by atoms with Crippen LogP contribution in [0.4, 0.5) is 5.69 Å². The lowest BCUT2D eigenvalue weighted by Gasteiger charge is -2.32. The van der Waals surface area contributed by atoms with Crippen molar-refractivity contribution in [1.29, 1.82) is 0 Å². The van der Waals surface area contributed by atoms with Crippen molar-refractivity contribution in [2.45, 2.75) is 74.7 Å². The smallest absolute Gasteiger partial charge is 0.338 e. The molecule has 0 atom stereocenters. The van der Waals surface area contributed by atoms with Gasteiger partial charge in [-0.2, -0.15) is 0 Å². The van der Waals surface area contributed by atoms with Gasteiger partial charge >= 0.3 is 5.97 Å². The summed E-state index contributed by atoms with van der Waals surface area (Å²) in [6, 6.07) is 8.34. The van der Waals surface area contributed by atoms with E-state index in [1.54, 1.807) is 64.2 Å². The van der Waals surface area contributed by atoms with E-state index in [4.69, 9.17) is 21.1 Å². The fraction of sp³-hybridized carbons (Fsp3) is 0.433. The van der Waals surface area contributed by atoms with Gasteiger partial charge in [-0.15, -0.1) is 15.3 Å². The highest BCUT2D eigenvalue weighted by atomic mass is 16.7. The standard InChI is InChI=1S/C25H30N8O5.2C2H6.CH2O/c1-24(2,14-25(3,4)23(37)38-33-18(34)10-11-19(33)35)22(36)30-15-8-9-17(29-13-15)21(27)32-31-20(26)16-7-5-6-12-28-16;3*1-2/h5-9,12-13H,10-11,14H2,1-4H3,(H2,26,31)(H2,27,32)(H,30,36);2*1-2H3;1H2. The Morgan fingerprint density at radius 1 is 0.886 bits per heavy atom. The van der Waals surface area contributed by atoms with Gasteiger partial charge in [-0.05, 0) is 44.5 Å². The van der Waals surface area contributed by atoms with Crippen LogP contribution in [0.1, 0.15) is 86.0 Å². The predicted octanol–water partition coefficient (Wildman–Crippen LogP) is 3.36. The average Bonchev–Trinajstić information content (AvgIpc) is 3.35. The van der Waals surface area contributed by atoms with Gasteiger partial charge in [0.25, 0.3) is 11.8 Å². The molecule has 1 aliphatic rings. The van der Waals surface area contributed by atoms with Gasteiger partial charge < -0.3 is 26.4 Å². The number of nitrogens with two attached hydrogens (primary N) is 2. The second-order valence-electron chi connectivity index (χ2n) is 9.98. The predicted molar refractivity (Wildman–Crippen MR) is 168 cm³/mol. The number of nitrogens with zero attached hydrogens (tertiary/aromatic N) is 5. The number of hydrogen-bond donors (Lipinski definition) is 3. The molecule has 0 radical (unpaired) electrons. The molecule has 0 aliphatic carbocycles. The summed E-state index contributed by atoms with van der Waals surface area (Å²) in [7, 11) is 0. The third kappa shape index (κ3) is 11.3. The SMILES string of the molecule is C=O.CC.CC.CC(C)(CC(C)(C)C(=O)ON1C(=O)CCC1=O)C(=O)Nc1ccc(/C(N)=N/N=C(\N)c2ccccn2)nc1. The number of amidine groups is 2. The normalized spacial score (nSPS) is 13.3. The number of rotatable bonds is 9. The van der Waals surface area contributed by atoms with Gasteiger partial charge in [-0.3, -0.25) is 24.4 Å². The zero-order valence-corrected chi connectivity index (χ0v) is 26.7. The molecule has 0 saturated carbocycles. The van der Waals surface area contributed by atoms with Crippen LogP contribution in [0.25, 0.3) is 0 Å². The molecule has 2 aromatic heterocycles. The van der Waals surface area contributed by atoms with Crippen molar-refractivity contribution in [3.63, 3.8) is 0 Å². The molecule has 3 amide bonds. The Morgan fingerprint density at radius 2 is 1.41 bits per heavy atom. The van der Waals surface area contributed by atoms with Crippen LogP contribution < -0.4 is 16.8 Å². The van der Waals surface area contributed by atoms with E-state index in [0.29, 0.717) is 22.1 Å². The quantitative estimate of drug-likeness (QED) is 0.162. The number of carbonyl (C=O) groups is 5. The first-order chi connectivity index (χ1) is 20.8. The van der Waals surface area contributed by atoms with Crippen LogP contribution in [0.5, 0.6) is 0 Å². The van der Waals surface area contributed by atoms with Crippen molar-refractivity contribution < 1.29 is 28.8 Å². The van der Waals surface area contributed by atoms with Crippen molar-refractivity contribution in [2.24, 2.45) is 32.5 Å². The first kappa shape index (κ1) is 39.0. The van der Waals surface area contributed by atoms with E-state index in [2.05, 4.69) is 25.5 Å². The van der Waals surface area contributed by atoms with Crippen molar-refractivity contribution in [3.05, 3.63) is 54.1 Å². The zero-order chi connectivity index (χ0) is 34.1. The number of aromatic nitrogens is 2. The number of hydroxylamine groups is 2. The van der Waals surface area contributed by atoms with Crippen molar-refractivity contribution in [2.75, 3.05) is 5.32 Å². The van der Waals surface area contributed by atoms with Gasteiger partial charge in [0.15, 0.2) is 11.7 Å². The highest BCUT2D eigenvalue weighted by molar-refractivity contribution is 6.02. The molecule has 0 aromatic carbocycles. The van der Waals surface area contributed by atoms with E-state index in [1.807, 2.05) is 34.5 Å². The second-order valence-corrected chi connectivity index (χ2v) is 9.98. The Bertz CT molecular complexity index is 1290. The van der Waals surface area contributed by atoms with Crippen LogP contribution in [0.3, 0.4) is 0 Å². The molecule has 2 aromatic rings. The molecule has 44 heavy (non-hydrogen) atoms. The molecular formula is C30H44N8O6. The lowest BCUT2D eigenvalue weighted by Crippen LogP contribution is -2.42. The van der Waals surface area contributed by atoms with E-state index in [-0.39, 0.29) is 36.8 Å². The molecule has 14 heteroatoms. The number of hydrogen-bond acceptors (Lipinski definition) is 10. The van der Waals surface area contributed by atoms with Crippen LogP contribution in [0, 0.1) is 10.8 Å². The molecule has 0 spiro atoms. The number of anilines is 1. The number of imide groups is 1. The van der Waals surface area contributed by atoms with Gasteiger partial charge in [0.2, 0.25) is 5.91 Å². The molecule has 3 heterocycles. The third-order valence-electron chi connectivity index (χ3n) is 5.71. The van der Waals surface area contributed by atoms with E-state index in [9.17, 15) is 19.2 Å². The van der Waals surface area contributed by atoms with Gasteiger partial charge in [-0.25, -0.2) is 4.79 Å². The maximum atomic E-state index is 13.0. The summed E-state index contributed by atoms with van der Waals surface area (Å²) < 4.78 is 0. The molecule has 0 bridgehead atoms. The van der Waals surface area contributed by atoms with Gasteiger partial charge in [0, 0.05) is 24.5 Å². The Kier molecular flexibility index (Phi) is 16.4. The number of pyridine rings is 2. The van der Waals surface area contributed by atoms with Crippen LogP contribution >= 0.6 is 0 Å². The van der Waals surface area contributed by atoms with Crippen LogP contribution in [-0.2, 0) is 28.8 Å². The summed E-state index contributed by atoms with van der Waals surface area (Å²) in [4.78, 5) is 70.6. The summed E-state index contributed by atoms with van der Waals surface area (Å²) >= 11 is 0. The summed E-state index contributed by atoms with van der Waals surface area (Å²) in [6.45, 7) is 16.5. The van der Waals surface area contributed by atoms with E-state index < -0.39 is 28.6 Å². The summed E-state index contributed by atoms with van der Waals surface area (Å²) in [6.07, 6.45) is 3.05. The summed E-state index contributed by atoms with van der Waals surface area (Å²) in [5.41, 5.74) is 10.8. The first-order valence-corrected chi connectivity index (χ1v) is 14.0. The van der Waals surface area contributed by atoms with E-state index in [0.717, 1.165) is 0 Å². The largest absolute Gasteiger partial charge is 0.380 e. The number of carbonyl (C=O) groups excluding carboxylic acids is 5. The fourth-order valence-electron chi connectivity index (χ4n) is 3.77. The zero-order valence-electron chi connectivity index (χ0n) is 26.7. The van der Waals surface area contributed by atoms with E-state index >= 15 is 0 Å². The minimum atomic E-state index is -1.17. The Labute approximate surface area is 258 Å². The molecule has 5 N–H and O–H groups in total. The maximum Gasteiger partial charge on any atom is 0.338 e. The molecule has 1 saturated heterocycles. The first-order valence-electron chi connectivity index (χ1n) is 14.0. The number of amides is 3. The van der Waals surface area contributed by atoms with Crippen molar-refractivity contribution in [3.8, 4) is 0 Å². The molecule has 0 unspecified atom stereocenters. The number of nitrogens with one attached hydrogen (secondary N) is 1. The molecule has 1 aliphatic heterocycles. The highest BCUT2D eigenvalue weighted by Gasteiger charge is 2.43. The summed E-state index contributed by atoms with van der Waals surface area (Å²) in [5.74, 6) is -2.20. The second kappa shape index (κ2) is 18.5. The third-order valence-corrected chi connectivity index (χ3v) is 5.71. The minimum absolute atomic E-state index is 0.00277. The Hall–Kier alpha value is -5.01. The molecule has 1 fully saturated rings. The van der Waals surface area contributed by atoms with Crippen molar-refractivity contribution in [1.82, 2.24) is 15.0 Å². The Morgan fingerprint density at radius 3 is 1.86 bits per heavy atom. The van der Waals surface area contributed by atoms with E-state index in [1.165, 1.54) is 6.20 Å². The lowest BCUT2D eigenvalue weighted by atomic mass is 9.74. The lowest BCUT2D eigenvalue weighted by molar-refractivity contribution is -0.205. The Balaban J connectivity index is 0.00000290.